The highest BCUT2D eigenvalue weighted by Crippen LogP contribution is 2.19. The molecular weight excluding hydrogens is 178 g/mol. The second-order valence-electron chi connectivity index (χ2n) is 3.58. The predicted octanol–water partition coefficient (Wildman–Crippen LogP) is 1.25. The molecule has 3 N–H and O–H groups in total. The van der Waals surface area contributed by atoms with Gasteiger partial charge in [0.15, 0.2) is 0 Å². The molecule has 0 spiro atoms. The van der Waals surface area contributed by atoms with Crippen molar-refractivity contribution in [2.45, 2.75) is 25.5 Å². The number of pyridine rings is 1. The molecular formula is C10H15N3O. The molecule has 1 aromatic heterocycles. The van der Waals surface area contributed by atoms with Crippen LogP contribution in [-0.2, 0) is 4.74 Å². The molecule has 0 aliphatic carbocycles. The van der Waals surface area contributed by atoms with Crippen molar-refractivity contribution in [3.05, 3.63) is 18.3 Å². The number of ether oxygens (including phenoxy) is 1. The Morgan fingerprint density at radius 1 is 1.64 bits per heavy atom. The third-order valence-corrected chi connectivity index (χ3v) is 2.51. The Labute approximate surface area is 83.5 Å². The highest BCUT2D eigenvalue weighted by Gasteiger charge is 2.23. The van der Waals surface area contributed by atoms with Crippen molar-refractivity contribution in [3.63, 3.8) is 0 Å². The number of anilines is 2. The molecule has 4 nitrogen and oxygen atoms in total. The largest absolute Gasteiger partial charge is 0.384 e. The van der Waals surface area contributed by atoms with Crippen LogP contribution in [0.4, 0.5) is 11.5 Å². The van der Waals surface area contributed by atoms with Gasteiger partial charge in [-0.1, -0.05) is 0 Å². The highest BCUT2D eigenvalue weighted by atomic mass is 16.5. The van der Waals surface area contributed by atoms with Gasteiger partial charge in [0, 0.05) is 24.6 Å². The van der Waals surface area contributed by atoms with Gasteiger partial charge < -0.3 is 15.8 Å². The summed E-state index contributed by atoms with van der Waals surface area (Å²) < 4.78 is 5.46. The summed E-state index contributed by atoms with van der Waals surface area (Å²) in [5, 5.41) is 3.39. The van der Waals surface area contributed by atoms with Crippen molar-refractivity contribution in [1.29, 1.82) is 0 Å². The number of nitrogen functional groups attached to an aromatic ring is 1. The average molecular weight is 193 g/mol. The van der Waals surface area contributed by atoms with Gasteiger partial charge in [0.25, 0.3) is 0 Å². The number of rotatable bonds is 2. The van der Waals surface area contributed by atoms with Gasteiger partial charge >= 0.3 is 0 Å². The maximum Gasteiger partial charge on any atom is 0.125 e. The summed E-state index contributed by atoms with van der Waals surface area (Å²) >= 11 is 0. The fraction of sp³-hybridized carbons (Fsp3) is 0.500. The van der Waals surface area contributed by atoms with Crippen molar-refractivity contribution in [2.75, 3.05) is 17.7 Å². The molecule has 76 valence electrons. The van der Waals surface area contributed by atoms with E-state index in [9.17, 15) is 0 Å². The molecule has 1 aromatic rings. The van der Waals surface area contributed by atoms with E-state index < -0.39 is 0 Å². The quantitative estimate of drug-likeness (QED) is 0.742. The van der Waals surface area contributed by atoms with Crippen LogP contribution in [-0.4, -0.2) is 23.7 Å². The maximum atomic E-state index is 5.59. The molecule has 1 saturated heterocycles. The minimum Gasteiger partial charge on any atom is -0.384 e. The zero-order chi connectivity index (χ0) is 9.97. The summed E-state index contributed by atoms with van der Waals surface area (Å²) in [6, 6.07) is 4.14. The zero-order valence-corrected chi connectivity index (χ0v) is 8.23. The summed E-state index contributed by atoms with van der Waals surface area (Å²) in [5.74, 6) is 0.543. The van der Waals surface area contributed by atoms with Crippen LogP contribution < -0.4 is 11.1 Å². The van der Waals surface area contributed by atoms with Crippen LogP contribution in [0.25, 0.3) is 0 Å². The van der Waals surface area contributed by atoms with Crippen molar-refractivity contribution >= 4 is 11.5 Å². The summed E-state index contributed by atoms with van der Waals surface area (Å²) in [4.78, 5) is 3.94. The maximum absolute atomic E-state index is 5.59. The van der Waals surface area contributed by atoms with E-state index in [1.807, 2.05) is 12.1 Å². The number of hydrogen-bond acceptors (Lipinski definition) is 4. The minimum atomic E-state index is 0.268. The van der Waals surface area contributed by atoms with E-state index in [0.29, 0.717) is 11.9 Å². The number of nitrogens with one attached hydrogen (secondary N) is 1. The van der Waals surface area contributed by atoms with Gasteiger partial charge in [-0.15, -0.1) is 0 Å². The fourth-order valence-corrected chi connectivity index (χ4v) is 1.67. The van der Waals surface area contributed by atoms with Gasteiger partial charge in [-0.05, 0) is 19.4 Å². The molecule has 0 aromatic carbocycles. The third-order valence-electron chi connectivity index (χ3n) is 2.51. The molecule has 0 radical (unpaired) electrons. The average Bonchev–Trinajstić information content (AvgIpc) is 2.52. The lowest BCUT2D eigenvalue weighted by molar-refractivity contribution is 0.121. The van der Waals surface area contributed by atoms with E-state index >= 15 is 0 Å². The lowest BCUT2D eigenvalue weighted by Gasteiger charge is -2.17. The first kappa shape index (κ1) is 9.27. The molecule has 2 unspecified atom stereocenters. The van der Waals surface area contributed by atoms with Crippen molar-refractivity contribution in [2.24, 2.45) is 0 Å². The van der Waals surface area contributed by atoms with Crippen LogP contribution in [0.5, 0.6) is 0 Å². The summed E-state index contributed by atoms with van der Waals surface area (Å²) in [5.41, 5.74) is 6.60. The first-order valence-corrected chi connectivity index (χ1v) is 4.85. The van der Waals surface area contributed by atoms with E-state index in [1.165, 1.54) is 0 Å². The Bertz CT molecular complexity index is 316. The lowest BCUT2D eigenvalue weighted by Crippen LogP contribution is -2.26. The third kappa shape index (κ3) is 1.96. The fourth-order valence-electron chi connectivity index (χ4n) is 1.67. The first-order valence-electron chi connectivity index (χ1n) is 4.85. The highest BCUT2D eigenvalue weighted by molar-refractivity contribution is 5.50. The Hall–Kier alpha value is -1.29. The molecule has 1 aliphatic rings. The standard InChI is InChI=1S/C10H15N3O/c1-7-9(3-5-14-7)13-8-2-4-12-10(11)6-8/h2,4,6-7,9H,3,5H2,1H3,(H3,11,12,13). The monoisotopic (exact) mass is 193 g/mol. The van der Waals surface area contributed by atoms with Crippen LogP contribution in [0.1, 0.15) is 13.3 Å². The number of nitrogens with two attached hydrogens (primary N) is 1. The van der Waals surface area contributed by atoms with Crippen LogP contribution in [0.3, 0.4) is 0 Å². The molecule has 4 heteroatoms. The normalized spacial score (nSPS) is 26.4. The molecule has 2 rings (SSSR count). The molecule has 0 bridgehead atoms. The number of nitrogens with zero attached hydrogens (tertiary/aromatic N) is 1. The van der Waals surface area contributed by atoms with Crippen molar-refractivity contribution < 1.29 is 4.74 Å². The molecule has 2 atom stereocenters. The molecule has 2 heterocycles. The Balaban J connectivity index is 2.03. The molecule has 0 amide bonds. The van der Waals surface area contributed by atoms with E-state index in [1.54, 1.807) is 6.20 Å². The molecule has 14 heavy (non-hydrogen) atoms. The second kappa shape index (κ2) is 3.84. The van der Waals surface area contributed by atoms with Crippen LogP contribution in [0.15, 0.2) is 18.3 Å². The summed E-state index contributed by atoms with van der Waals surface area (Å²) in [7, 11) is 0. The van der Waals surface area contributed by atoms with Crippen molar-refractivity contribution in [1.82, 2.24) is 4.98 Å². The number of aromatic nitrogens is 1. The van der Waals surface area contributed by atoms with Gasteiger partial charge in [-0.25, -0.2) is 4.98 Å². The Kier molecular flexibility index (Phi) is 2.54. The van der Waals surface area contributed by atoms with Crippen molar-refractivity contribution in [3.8, 4) is 0 Å². The smallest absolute Gasteiger partial charge is 0.125 e. The van der Waals surface area contributed by atoms with Gasteiger partial charge in [0.2, 0.25) is 0 Å². The van der Waals surface area contributed by atoms with Crippen LogP contribution >= 0.6 is 0 Å². The summed E-state index contributed by atoms with van der Waals surface area (Å²) in [6.45, 7) is 2.91. The lowest BCUT2D eigenvalue weighted by atomic mass is 10.1. The van der Waals surface area contributed by atoms with E-state index in [0.717, 1.165) is 18.7 Å². The van der Waals surface area contributed by atoms with Gasteiger partial charge in [-0.3, -0.25) is 0 Å². The number of hydrogen-bond donors (Lipinski definition) is 2. The van der Waals surface area contributed by atoms with E-state index in [2.05, 4.69) is 17.2 Å². The predicted molar refractivity (Wildman–Crippen MR) is 56.1 cm³/mol. The first-order chi connectivity index (χ1) is 6.75. The zero-order valence-electron chi connectivity index (χ0n) is 8.23. The van der Waals surface area contributed by atoms with E-state index in [4.69, 9.17) is 10.5 Å². The van der Waals surface area contributed by atoms with Gasteiger partial charge in [-0.2, -0.15) is 0 Å². The van der Waals surface area contributed by atoms with Gasteiger partial charge in [0.05, 0.1) is 12.1 Å². The van der Waals surface area contributed by atoms with Crippen LogP contribution in [0, 0.1) is 0 Å². The van der Waals surface area contributed by atoms with E-state index in [-0.39, 0.29) is 6.10 Å². The second-order valence-corrected chi connectivity index (χ2v) is 3.58. The Morgan fingerprint density at radius 3 is 3.14 bits per heavy atom. The topological polar surface area (TPSA) is 60.2 Å². The Morgan fingerprint density at radius 2 is 2.50 bits per heavy atom. The summed E-state index contributed by atoms with van der Waals surface area (Å²) in [6.07, 6.45) is 3.02. The molecule has 0 saturated carbocycles. The minimum absolute atomic E-state index is 0.268. The van der Waals surface area contributed by atoms with Gasteiger partial charge in [0.1, 0.15) is 5.82 Å². The molecule has 1 fully saturated rings. The molecule has 1 aliphatic heterocycles. The van der Waals surface area contributed by atoms with Crippen LogP contribution in [0.2, 0.25) is 0 Å². The SMILES string of the molecule is CC1OCCC1Nc1ccnc(N)c1.